The Hall–Kier alpha value is -1.93. The SMILES string of the molecule is COc1cccc(Cn2ccc3cccc(Cl)c32)c1. The second kappa shape index (κ2) is 4.98. The molecule has 1 aromatic heterocycles. The molecule has 3 rings (SSSR count). The summed E-state index contributed by atoms with van der Waals surface area (Å²) in [4.78, 5) is 0. The normalized spacial score (nSPS) is 10.8. The second-order valence-electron chi connectivity index (χ2n) is 4.47. The van der Waals surface area contributed by atoms with Gasteiger partial charge in [0.2, 0.25) is 0 Å². The number of rotatable bonds is 3. The van der Waals surface area contributed by atoms with Crippen molar-refractivity contribution in [3.8, 4) is 5.75 Å². The van der Waals surface area contributed by atoms with Crippen LogP contribution in [0.2, 0.25) is 5.02 Å². The summed E-state index contributed by atoms with van der Waals surface area (Å²) in [6.07, 6.45) is 2.07. The van der Waals surface area contributed by atoms with E-state index in [1.807, 2.05) is 30.3 Å². The van der Waals surface area contributed by atoms with E-state index in [1.54, 1.807) is 7.11 Å². The molecule has 0 fully saturated rings. The van der Waals surface area contributed by atoms with Gasteiger partial charge in [-0.05, 0) is 29.8 Å². The summed E-state index contributed by atoms with van der Waals surface area (Å²) in [5, 5.41) is 1.95. The summed E-state index contributed by atoms with van der Waals surface area (Å²) in [5.41, 5.74) is 2.27. The van der Waals surface area contributed by atoms with Crippen molar-refractivity contribution >= 4 is 22.5 Å². The second-order valence-corrected chi connectivity index (χ2v) is 4.88. The maximum atomic E-state index is 6.28. The Labute approximate surface area is 117 Å². The minimum atomic E-state index is 0.782. The summed E-state index contributed by atoms with van der Waals surface area (Å²) in [6.45, 7) is 0.782. The molecular weight excluding hydrogens is 258 g/mol. The largest absolute Gasteiger partial charge is 0.497 e. The first-order valence-electron chi connectivity index (χ1n) is 6.14. The van der Waals surface area contributed by atoms with Crippen molar-refractivity contribution < 1.29 is 4.74 Å². The van der Waals surface area contributed by atoms with E-state index in [1.165, 1.54) is 5.56 Å². The maximum Gasteiger partial charge on any atom is 0.119 e. The van der Waals surface area contributed by atoms with Crippen LogP contribution in [-0.4, -0.2) is 11.7 Å². The molecule has 19 heavy (non-hydrogen) atoms. The van der Waals surface area contributed by atoms with E-state index >= 15 is 0 Å². The van der Waals surface area contributed by atoms with Gasteiger partial charge >= 0.3 is 0 Å². The van der Waals surface area contributed by atoms with Gasteiger partial charge in [-0.25, -0.2) is 0 Å². The fourth-order valence-corrected chi connectivity index (χ4v) is 2.60. The summed E-state index contributed by atoms with van der Waals surface area (Å²) in [7, 11) is 1.68. The average molecular weight is 272 g/mol. The van der Waals surface area contributed by atoms with Gasteiger partial charge in [-0.2, -0.15) is 0 Å². The highest BCUT2D eigenvalue weighted by atomic mass is 35.5. The van der Waals surface area contributed by atoms with Crippen LogP contribution >= 0.6 is 11.6 Å². The molecule has 3 heteroatoms. The fourth-order valence-electron chi connectivity index (χ4n) is 2.31. The van der Waals surface area contributed by atoms with Crippen LogP contribution < -0.4 is 4.74 Å². The molecule has 0 saturated carbocycles. The van der Waals surface area contributed by atoms with Gasteiger partial charge in [0.15, 0.2) is 0 Å². The first kappa shape index (κ1) is 12.1. The van der Waals surface area contributed by atoms with Gasteiger partial charge in [0, 0.05) is 18.1 Å². The highest BCUT2D eigenvalue weighted by Crippen LogP contribution is 2.25. The van der Waals surface area contributed by atoms with Gasteiger partial charge in [-0.15, -0.1) is 0 Å². The number of hydrogen-bond donors (Lipinski definition) is 0. The molecule has 0 saturated heterocycles. The lowest BCUT2D eigenvalue weighted by molar-refractivity contribution is 0.414. The van der Waals surface area contributed by atoms with Gasteiger partial charge in [-0.3, -0.25) is 0 Å². The first-order valence-corrected chi connectivity index (χ1v) is 6.52. The molecule has 0 amide bonds. The third-order valence-electron chi connectivity index (χ3n) is 3.23. The molecular formula is C16H14ClNO. The van der Waals surface area contributed by atoms with Crippen LogP contribution in [0.1, 0.15) is 5.56 Å². The van der Waals surface area contributed by atoms with Crippen LogP contribution in [0, 0.1) is 0 Å². The number of hydrogen-bond acceptors (Lipinski definition) is 1. The molecule has 0 spiro atoms. The molecule has 2 aromatic carbocycles. The number of ether oxygens (including phenoxy) is 1. The molecule has 96 valence electrons. The van der Waals surface area contributed by atoms with Crippen molar-refractivity contribution in [3.05, 3.63) is 65.3 Å². The number of benzene rings is 2. The van der Waals surface area contributed by atoms with E-state index in [2.05, 4.69) is 29.0 Å². The Balaban J connectivity index is 2.01. The van der Waals surface area contributed by atoms with Crippen LogP contribution in [0.25, 0.3) is 10.9 Å². The standard InChI is InChI=1S/C16H14ClNO/c1-19-14-6-2-4-12(10-14)11-18-9-8-13-5-3-7-15(17)16(13)18/h2-10H,11H2,1H3. The Morgan fingerprint density at radius 3 is 2.79 bits per heavy atom. The van der Waals surface area contributed by atoms with Crippen molar-refractivity contribution in [2.75, 3.05) is 7.11 Å². The molecule has 3 aromatic rings. The van der Waals surface area contributed by atoms with Gasteiger partial charge in [0.05, 0.1) is 17.6 Å². The molecule has 0 bridgehead atoms. The molecule has 2 nitrogen and oxygen atoms in total. The average Bonchev–Trinajstić information content (AvgIpc) is 2.84. The Bertz CT molecular complexity index is 718. The number of para-hydroxylation sites is 1. The number of aromatic nitrogens is 1. The van der Waals surface area contributed by atoms with Gasteiger partial charge < -0.3 is 9.30 Å². The van der Waals surface area contributed by atoms with E-state index in [4.69, 9.17) is 16.3 Å². The van der Waals surface area contributed by atoms with Gasteiger partial charge in [0.1, 0.15) is 5.75 Å². The smallest absolute Gasteiger partial charge is 0.119 e. The van der Waals surface area contributed by atoms with Crippen molar-refractivity contribution in [2.45, 2.75) is 6.54 Å². The summed E-state index contributed by atoms with van der Waals surface area (Å²) >= 11 is 6.28. The third kappa shape index (κ3) is 2.32. The van der Waals surface area contributed by atoms with E-state index in [9.17, 15) is 0 Å². The topological polar surface area (TPSA) is 14.2 Å². The van der Waals surface area contributed by atoms with E-state index in [0.29, 0.717) is 0 Å². The Kier molecular flexibility index (Phi) is 3.18. The van der Waals surface area contributed by atoms with Gasteiger partial charge in [-0.1, -0.05) is 35.9 Å². The predicted molar refractivity (Wildman–Crippen MR) is 79.0 cm³/mol. The lowest BCUT2D eigenvalue weighted by Crippen LogP contribution is -1.98. The zero-order valence-electron chi connectivity index (χ0n) is 10.6. The minimum Gasteiger partial charge on any atom is -0.497 e. The molecule has 0 N–H and O–H groups in total. The number of nitrogens with zero attached hydrogens (tertiary/aromatic N) is 1. The molecule has 1 heterocycles. The van der Waals surface area contributed by atoms with Crippen LogP contribution in [0.5, 0.6) is 5.75 Å². The zero-order chi connectivity index (χ0) is 13.2. The predicted octanol–water partition coefficient (Wildman–Crippen LogP) is 4.35. The zero-order valence-corrected chi connectivity index (χ0v) is 11.4. The number of fused-ring (bicyclic) bond motifs is 1. The lowest BCUT2D eigenvalue weighted by Gasteiger charge is -2.08. The van der Waals surface area contributed by atoms with Crippen molar-refractivity contribution in [3.63, 3.8) is 0 Å². The highest BCUT2D eigenvalue weighted by molar-refractivity contribution is 6.35. The van der Waals surface area contributed by atoms with Crippen LogP contribution in [-0.2, 0) is 6.54 Å². The summed E-state index contributed by atoms with van der Waals surface area (Å²) < 4.78 is 7.41. The summed E-state index contributed by atoms with van der Waals surface area (Å²) in [5.74, 6) is 0.875. The van der Waals surface area contributed by atoms with Crippen LogP contribution in [0.15, 0.2) is 54.7 Å². The maximum absolute atomic E-state index is 6.28. The third-order valence-corrected chi connectivity index (χ3v) is 3.53. The van der Waals surface area contributed by atoms with E-state index < -0.39 is 0 Å². The fraction of sp³-hybridized carbons (Fsp3) is 0.125. The van der Waals surface area contributed by atoms with Gasteiger partial charge in [0.25, 0.3) is 0 Å². The molecule has 0 aliphatic rings. The van der Waals surface area contributed by atoms with Crippen LogP contribution in [0.4, 0.5) is 0 Å². The summed E-state index contributed by atoms with van der Waals surface area (Å²) in [6, 6.07) is 16.1. The molecule has 0 radical (unpaired) electrons. The van der Waals surface area contributed by atoms with Crippen LogP contribution in [0.3, 0.4) is 0 Å². The van der Waals surface area contributed by atoms with Crippen molar-refractivity contribution in [2.24, 2.45) is 0 Å². The minimum absolute atomic E-state index is 0.782. The lowest BCUT2D eigenvalue weighted by atomic mass is 10.2. The van der Waals surface area contributed by atoms with E-state index in [0.717, 1.165) is 28.2 Å². The molecule has 0 aliphatic carbocycles. The van der Waals surface area contributed by atoms with Crippen molar-refractivity contribution in [1.29, 1.82) is 0 Å². The van der Waals surface area contributed by atoms with Crippen molar-refractivity contribution in [1.82, 2.24) is 4.57 Å². The number of methoxy groups -OCH3 is 1. The molecule has 0 atom stereocenters. The first-order chi connectivity index (χ1) is 9.28. The molecule has 0 unspecified atom stereocenters. The Morgan fingerprint density at radius 1 is 1.11 bits per heavy atom. The van der Waals surface area contributed by atoms with E-state index in [-0.39, 0.29) is 0 Å². The quantitative estimate of drug-likeness (QED) is 0.691. The molecule has 0 aliphatic heterocycles. The Morgan fingerprint density at radius 2 is 1.95 bits per heavy atom. The monoisotopic (exact) mass is 271 g/mol. The highest BCUT2D eigenvalue weighted by Gasteiger charge is 2.05. The number of halogens is 1.